The summed E-state index contributed by atoms with van der Waals surface area (Å²) in [4.78, 5) is 15.3. The molecule has 4 aromatic rings. The fourth-order valence-corrected chi connectivity index (χ4v) is 3.99. The molecular formula is C21H21F3N8O. The number of nitrogens with zero attached hydrogens (tertiary/aromatic N) is 6. The maximum atomic E-state index is 13.3. The van der Waals surface area contributed by atoms with Crippen molar-refractivity contribution in [2.75, 3.05) is 42.3 Å². The number of alkyl halides is 3. The maximum absolute atomic E-state index is 13.3. The minimum Gasteiger partial charge on any atom is -0.399 e. The summed E-state index contributed by atoms with van der Waals surface area (Å²) in [7, 11) is 0. The van der Waals surface area contributed by atoms with Crippen molar-refractivity contribution in [1.82, 2.24) is 24.6 Å². The summed E-state index contributed by atoms with van der Waals surface area (Å²) in [6.45, 7) is 4.35. The molecule has 1 aromatic carbocycles. The summed E-state index contributed by atoms with van der Waals surface area (Å²) in [5.74, 6) is 0.468. The number of anilines is 3. The monoisotopic (exact) mass is 458 g/mol. The van der Waals surface area contributed by atoms with Gasteiger partial charge in [-0.1, -0.05) is 0 Å². The fraction of sp³-hybridized carbons (Fsp3) is 0.333. The largest absolute Gasteiger partial charge is 0.416 e. The Morgan fingerprint density at radius 2 is 1.79 bits per heavy atom. The molecule has 0 saturated carbocycles. The minimum atomic E-state index is -4.49. The molecule has 4 heterocycles. The van der Waals surface area contributed by atoms with Gasteiger partial charge in [-0.3, -0.25) is 0 Å². The second-order valence-corrected chi connectivity index (χ2v) is 7.84. The van der Waals surface area contributed by atoms with Gasteiger partial charge in [0.1, 0.15) is 18.5 Å². The number of morpholine rings is 1. The van der Waals surface area contributed by atoms with Crippen LogP contribution < -0.4 is 16.0 Å². The van der Waals surface area contributed by atoms with Crippen molar-refractivity contribution in [3.63, 3.8) is 0 Å². The summed E-state index contributed by atoms with van der Waals surface area (Å²) in [6.07, 6.45) is -1.65. The second-order valence-electron chi connectivity index (χ2n) is 7.84. The van der Waals surface area contributed by atoms with Crippen LogP contribution in [0.2, 0.25) is 0 Å². The van der Waals surface area contributed by atoms with Gasteiger partial charge >= 0.3 is 6.18 Å². The first-order valence-corrected chi connectivity index (χ1v) is 10.4. The number of rotatable bonds is 4. The van der Waals surface area contributed by atoms with Crippen LogP contribution in [0.3, 0.4) is 0 Å². The van der Waals surface area contributed by atoms with E-state index in [-0.39, 0.29) is 5.69 Å². The number of halogens is 3. The highest BCUT2D eigenvalue weighted by Gasteiger charge is 2.31. The molecule has 1 saturated heterocycles. The number of fused-ring (bicyclic) bond motifs is 3. The SMILES string of the molecule is C[C@@H](Nc1ncnc2c1cc(N1CCOCC1)c1ncnn12)c1cc(N)cc(C(F)(F)F)c1. The average molecular weight is 458 g/mol. The van der Waals surface area contributed by atoms with E-state index < -0.39 is 17.8 Å². The van der Waals surface area contributed by atoms with E-state index in [1.54, 1.807) is 11.4 Å². The third kappa shape index (κ3) is 3.97. The van der Waals surface area contributed by atoms with Gasteiger partial charge in [0.15, 0.2) is 11.3 Å². The van der Waals surface area contributed by atoms with E-state index in [4.69, 9.17) is 10.5 Å². The van der Waals surface area contributed by atoms with Crippen LogP contribution in [0.15, 0.2) is 36.9 Å². The van der Waals surface area contributed by atoms with Crippen LogP contribution in [0.1, 0.15) is 24.1 Å². The molecule has 0 spiro atoms. The highest BCUT2D eigenvalue weighted by molar-refractivity contribution is 5.93. The van der Waals surface area contributed by atoms with Crippen molar-refractivity contribution in [2.24, 2.45) is 0 Å². The number of nitrogens with two attached hydrogens (primary N) is 1. The number of ether oxygens (including phenoxy) is 1. The molecule has 0 radical (unpaired) electrons. The molecule has 5 rings (SSSR count). The average Bonchev–Trinajstić information content (AvgIpc) is 3.29. The smallest absolute Gasteiger partial charge is 0.399 e. The zero-order valence-electron chi connectivity index (χ0n) is 17.7. The van der Waals surface area contributed by atoms with Crippen molar-refractivity contribution >= 4 is 33.9 Å². The second kappa shape index (κ2) is 8.03. The number of pyridine rings is 1. The van der Waals surface area contributed by atoms with Crippen molar-refractivity contribution < 1.29 is 17.9 Å². The molecule has 9 nitrogen and oxygen atoms in total. The van der Waals surface area contributed by atoms with Crippen LogP contribution in [-0.4, -0.2) is 50.9 Å². The Morgan fingerprint density at radius 1 is 1.03 bits per heavy atom. The Balaban J connectivity index is 1.57. The number of hydrogen-bond acceptors (Lipinski definition) is 8. The van der Waals surface area contributed by atoms with Gasteiger partial charge in [-0.25, -0.2) is 15.0 Å². The Bertz CT molecular complexity index is 1320. The first-order chi connectivity index (χ1) is 15.8. The maximum Gasteiger partial charge on any atom is 0.416 e. The molecule has 0 unspecified atom stereocenters. The van der Waals surface area contributed by atoms with Gasteiger partial charge in [-0.05, 0) is 36.8 Å². The van der Waals surface area contributed by atoms with E-state index >= 15 is 0 Å². The highest BCUT2D eigenvalue weighted by atomic mass is 19.4. The normalized spacial score (nSPS) is 15.8. The van der Waals surface area contributed by atoms with Crippen LogP contribution >= 0.6 is 0 Å². The van der Waals surface area contributed by atoms with Gasteiger partial charge < -0.3 is 20.7 Å². The lowest BCUT2D eigenvalue weighted by atomic mass is 10.0. The van der Waals surface area contributed by atoms with E-state index in [9.17, 15) is 13.2 Å². The number of aromatic nitrogens is 5. The molecule has 3 aromatic heterocycles. The summed E-state index contributed by atoms with van der Waals surface area (Å²) < 4.78 is 46.9. The Hall–Kier alpha value is -3.67. The lowest BCUT2D eigenvalue weighted by Crippen LogP contribution is -2.36. The van der Waals surface area contributed by atoms with Crippen LogP contribution in [0.4, 0.5) is 30.4 Å². The molecule has 0 bridgehead atoms. The highest BCUT2D eigenvalue weighted by Crippen LogP contribution is 2.34. The zero-order chi connectivity index (χ0) is 23.2. The molecular weight excluding hydrogens is 437 g/mol. The van der Waals surface area contributed by atoms with Gasteiger partial charge in [-0.2, -0.15) is 22.8 Å². The van der Waals surface area contributed by atoms with Gasteiger partial charge in [0.2, 0.25) is 0 Å². The van der Waals surface area contributed by atoms with Gasteiger partial charge in [-0.15, -0.1) is 0 Å². The van der Waals surface area contributed by atoms with Crippen LogP contribution in [0.25, 0.3) is 16.7 Å². The van der Waals surface area contributed by atoms with E-state index in [2.05, 4.69) is 30.3 Å². The van der Waals surface area contributed by atoms with Crippen molar-refractivity contribution in [1.29, 1.82) is 0 Å². The van der Waals surface area contributed by atoms with E-state index in [0.717, 1.165) is 17.8 Å². The molecule has 3 N–H and O–H groups in total. The molecule has 12 heteroatoms. The number of nitrogen functional groups attached to an aromatic ring is 1. The molecule has 1 atom stereocenters. The molecule has 1 aliphatic rings. The Morgan fingerprint density at radius 3 is 2.55 bits per heavy atom. The molecule has 0 aliphatic carbocycles. The lowest BCUT2D eigenvalue weighted by molar-refractivity contribution is -0.137. The van der Waals surface area contributed by atoms with Gasteiger partial charge in [0.25, 0.3) is 0 Å². The van der Waals surface area contributed by atoms with Crippen LogP contribution in [0, 0.1) is 0 Å². The standard InChI is InChI=1S/C21H21F3N8O/c1-12(13-6-14(21(22,23)24)8-15(25)7-13)30-18-16-9-17(31-2-4-33-5-3-31)20-28-11-29-32(20)19(16)27-10-26-18/h6-12H,2-5,25H2,1H3,(H,26,27,30)/t12-/m1/s1. The van der Waals surface area contributed by atoms with E-state index in [1.165, 1.54) is 18.7 Å². The number of benzene rings is 1. The third-order valence-corrected chi connectivity index (χ3v) is 5.63. The van der Waals surface area contributed by atoms with Crippen LogP contribution in [-0.2, 0) is 10.9 Å². The molecule has 0 amide bonds. The summed E-state index contributed by atoms with van der Waals surface area (Å²) in [5.41, 5.74) is 7.44. The number of hydrogen-bond donors (Lipinski definition) is 2. The predicted octanol–water partition coefficient (Wildman–Crippen LogP) is 3.28. The van der Waals surface area contributed by atoms with Crippen molar-refractivity contribution in [3.05, 3.63) is 48.0 Å². The first-order valence-electron chi connectivity index (χ1n) is 10.4. The van der Waals surface area contributed by atoms with Crippen LogP contribution in [0.5, 0.6) is 0 Å². The molecule has 1 aliphatic heterocycles. The summed E-state index contributed by atoms with van der Waals surface area (Å²) >= 11 is 0. The third-order valence-electron chi connectivity index (χ3n) is 5.63. The molecule has 33 heavy (non-hydrogen) atoms. The van der Waals surface area contributed by atoms with Crippen molar-refractivity contribution in [3.8, 4) is 0 Å². The summed E-state index contributed by atoms with van der Waals surface area (Å²) in [5, 5.41) is 8.20. The predicted molar refractivity (Wildman–Crippen MR) is 117 cm³/mol. The van der Waals surface area contributed by atoms with Crippen molar-refractivity contribution in [2.45, 2.75) is 19.1 Å². The van der Waals surface area contributed by atoms with E-state index in [0.29, 0.717) is 54.4 Å². The van der Waals surface area contributed by atoms with E-state index in [1.807, 2.05) is 6.07 Å². The topological polar surface area (TPSA) is 106 Å². The minimum absolute atomic E-state index is 0.0416. The zero-order valence-corrected chi connectivity index (χ0v) is 17.7. The van der Waals surface area contributed by atoms with Gasteiger partial charge in [0.05, 0.1) is 35.9 Å². The first kappa shape index (κ1) is 21.2. The Kier molecular flexibility index (Phi) is 5.16. The molecule has 172 valence electrons. The molecule has 1 fully saturated rings. The Labute approximate surface area is 186 Å². The summed E-state index contributed by atoms with van der Waals surface area (Å²) in [6, 6.07) is 4.95. The van der Waals surface area contributed by atoms with Gasteiger partial charge in [0, 0.05) is 18.8 Å². The number of nitrogens with one attached hydrogen (secondary N) is 1. The quantitative estimate of drug-likeness (QED) is 0.449. The lowest BCUT2D eigenvalue weighted by Gasteiger charge is -2.29. The fourth-order valence-electron chi connectivity index (χ4n) is 3.99.